The highest BCUT2D eigenvalue weighted by atomic mass is 16.5. The van der Waals surface area contributed by atoms with Gasteiger partial charge in [-0.2, -0.15) is 0 Å². The van der Waals surface area contributed by atoms with E-state index in [1.54, 1.807) is 13.8 Å². The molecule has 0 aliphatic heterocycles. The van der Waals surface area contributed by atoms with Crippen molar-refractivity contribution in [2.75, 3.05) is 6.61 Å². The SMILES string of the molecule is CCOC(=O)c1nc(C)nc2ccccc12. The van der Waals surface area contributed by atoms with E-state index in [-0.39, 0.29) is 0 Å². The Balaban J connectivity index is 2.63. The topological polar surface area (TPSA) is 52.1 Å². The summed E-state index contributed by atoms with van der Waals surface area (Å²) in [6, 6.07) is 7.40. The minimum absolute atomic E-state index is 0.338. The predicted octanol–water partition coefficient (Wildman–Crippen LogP) is 2.11. The van der Waals surface area contributed by atoms with Gasteiger partial charge in [0.2, 0.25) is 0 Å². The zero-order valence-corrected chi connectivity index (χ0v) is 9.23. The molecule has 0 N–H and O–H groups in total. The number of carbonyl (C=O) groups excluding carboxylic acids is 1. The second-order valence-corrected chi connectivity index (χ2v) is 3.36. The first-order valence-corrected chi connectivity index (χ1v) is 5.13. The predicted molar refractivity (Wildman–Crippen MR) is 60.2 cm³/mol. The van der Waals surface area contributed by atoms with Crippen molar-refractivity contribution in [1.82, 2.24) is 9.97 Å². The quantitative estimate of drug-likeness (QED) is 0.721. The van der Waals surface area contributed by atoms with Crippen LogP contribution in [0.1, 0.15) is 23.2 Å². The van der Waals surface area contributed by atoms with Crippen LogP contribution in [-0.2, 0) is 4.74 Å². The Labute approximate surface area is 93.3 Å². The van der Waals surface area contributed by atoms with Gasteiger partial charge in [-0.25, -0.2) is 14.8 Å². The maximum absolute atomic E-state index is 11.7. The summed E-state index contributed by atoms with van der Waals surface area (Å²) in [5.74, 6) is 0.172. The fraction of sp³-hybridized carbons (Fsp3) is 0.250. The molecule has 0 saturated carbocycles. The van der Waals surface area contributed by atoms with Gasteiger partial charge in [0.1, 0.15) is 5.82 Å². The summed E-state index contributed by atoms with van der Waals surface area (Å²) < 4.78 is 4.96. The van der Waals surface area contributed by atoms with Crippen LogP contribution in [0.2, 0.25) is 0 Å². The molecule has 2 aromatic rings. The fourth-order valence-corrected chi connectivity index (χ4v) is 1.55. The summed E-state index contributed by atoms with van der Waals surface area (Å²) in [5.41, 5.74) is 1.10. The van der Waals surface area contributed by atoms with Crippen molar-refractivity contribution in [3.05, 3.63) is 35.8 Å². The molecule has 0 spiro atoms. The summed E-state index contributed by atoms with van der Waals surface area (Å²) in [7, 11) is 0. The summed E-state index contributed by atoms with van der Waals surface area (Å²) in [5, 5.41) is 0.728. The summed E-state index contributed by atoms with van der Waals surface area (Å²) >= 11 is 0. The lowest BCUT2D eigenvalue weighted by Gasteiger charge is -2.05. The third-order valence-electron chi connectivity index (χ3n) is 2.18. The Hall–Kier alpha value is -1.97. The van der Waals surface area contributed by atoms with Crippen LogP contribution in [0.4, 0.5) is 0 Å². The lowest BCUT2D eigenvalue weighted by Crippen LogP contribution is -2.09. The lowest BCUT2D eigenvalue weighted by molar-refractivity contribution is 0.0521. The number of nitrogens with zero attached hydrogens (tertiary/aromatic N) is 2. The number of rotatable bonds is 2. The normalized spacial score (nSPS) is 10.4. The molecule has 2 rings (SSSR count). The van der Waals surface area contributed by atoms with E-state index in [0.29, 0.717) is 18.1 Å². The first kappa shape index (κ1) is 10.5. The molecule has 4 heteroatoms. The Morgan fingerprint density at radius 2 is 2.06 bits per heavy atom. The number of carbonyl (C=O) groups is 1. The van der Waals surface area contributed by atoms with E-state index >= 15 is 0 Å². The van der Waals surface area contributed by atoms with Crippen LogP contribution < -0.4 is 0 Å². The van der Waals surface area contributed by atoms with Gasteiger partial charge in [-0.3, -0.25) is 0 Å². The number of hydrogen-bond donors (Lipinski definition) is 0. The van der Waals surface area contributed by atoms with Gasteiger partial charge in [0.25, 0.3) is 0 Å². The average Bonchev–Trinajstić information content (AvgIpc) is 2.28. The van der Waals surface area contributed by atoms with Gasteiger partial charge in [-0.1, -0.05) is 18.2 Å². The lowest BCUT2D eigenvalue weighted by atomic mass is 10.2. The number of benzene rings is 1. The van der Waals surface area contributed by atoms with Gasteiger partial charge in [0.05, 0.1) is 12.1 Å². The Kier molecular flexibility index (Phi) is 2.81. The van der Waals surface area contributed by atoms with Crippen molar-refractivity contribution in [2.24, 2.45) is 0 Å². The average molecular weight is 216 g/mol. The first-order valence-electron chi connectivity index (χ1n) is 5.13. The Morgan fingerprint density at radius 1 is 1.31 bits per heavy atom. The number of hydrogen-bond acceptors (Lipinski definition) is 4. The molecule has 0 saturated heterocycles. The Bertz CT molecular complexity index is 538. The molecule has 4 nitrogen and oxygen atoms in total. The molecule has 0 aliphatic carbocycles. The molecule has 82 valence electrons. The van der Waals surface area contributed by atoms with Gasteiger partial charge >= 0.3 is 5.97 Å². The van der Waals surface area contributed by atoms with E-state index in [1.807, 2.05) is 24.3 Å². The van der Waals surface area contributed by atoms with Crippen molar-refractivity contribution >= 4 is 16.9 Å². The number of ether oxygens (including phenoxy) is 1. The van der Waals surface area contributed by atoms with Crippen molar-refractivity contribution in [2.45, 2.75) is 13.8 Å². The summed E-state index contributed by atoms with van der Waals surface area (Å²) in [4.78, 5) is 20.1. The molecule has 0 radical (unpaired) electrons. The minimum Gasteiger partial charge on any atom is -0.461 e. The molecule has 1 aromatic heterocycles. The van der Waals surface area contributed by atoms with Crippen molar-refractivity contribution in [3.8, 4) is 0 Å². The smallest absolute Gasteiger partial charge is 0.357 e. The zero-order valence-electron chi connectivity index (χ0n) is 9.23. The molecule has 0 bridgehead atoms. The highest BCUT2D eigenvalue weighted by Crippen LogP contribution is 2.16. The molecule has 0 atom stereocenters. The van der Waals surface area contributed by atoms with Gasteiger partial charge in [-0.05, 0) is 19.9 Å². The van der Waals surface area contributed by atoms with Crippen molar-refractivity contribution in [1.29, 1.82) is 0 Å². The fourth-order valence-electron chi connectivity index (χ4n) is 1.55. The maximum Gasteiger partial charge on any atom is 0.357 e. The largest absolute Gasteiger partial charge is 0.461 e. The molecule has 0 fully saturated rings. The van der Waals surface area contributed by atoms with E-state index < -0.39 is 5.97 Å². The molecule has 1 aromatic carbocycles. The Morgan fingerprint density at radius 3 is 2.81 bits per heavy atom. The maximum atomic E-state index is 11.7. The number of fused-ring (bicyclic) bond motifs is 1. The summed E-state index contributed by atoms with van der Waals surface area (Å²) in [6.07, 6.45) is 0. The van der Waals surface area contributed by atoms with Crippen LogP contribution in [-0.4, -0.2) is 22.5 Å². The third-order valence-corrected chi connectivity index (χ3v) is 2.18. The third kappa shape index (κ3) is 1.86. The van der Waals surface area contributed by atoms with E-state index in [0.717, 1.165) is 10.9 Å². The van der Waals surface area contributed by atoms with Crippen molar-refractivity contribution < 1.29 is 9.53 Å². The van der Waals surface area contributed by atoms with Gasteiger partial charge in [0.15, 0.2) is 5.69 Å². The second-order valence-electron chi connectivity index (χ2n) is 3.36. The molecular weight excluding hydrogens is 204 g/mol. The standard InChI is InChI=1S/C12H12N2O2/c1-3-16-12(15)11-9-6-4-5-7-10(9)13-8(2)14-11/h4-7H,3H2,1-2H3. The van der Waals surface area contributed by atoms with Crippen LogP contribution in [0.5, 0.6) is 0 Å². The van der Waals surface area contributed by atoms with Gasteiger partial charge < -0.3 is 4.74 Å². The van der Waals surface area contributed by atoms with Crippen LogP contribution >= 0.6 is 0 Å². The summed E-state index contributed by atoms with van der Waals surface area (Å²) in [6.45, 7) is 3.87. The molecule has 0 unspecified atom stereocenters. The highest BCUT2D eigenvalue weighted by molar-refractivity contribution is 6.01. The van der Waals surface area contributed by atoms with Crippen LogP contribution in [0.3, 0.4) is 0 Å². The molecular formula is C12H12N2O2. The number of aromatic nitrogens is 2. The second kappa shape index (κ2) is 4.26. The van der Waals surface area contributed by atoms with Gasteiger partial charge in [0, 0.05) is 5.39 Å². The molecule has 0 aliphatic rings. The van der Waals surface area contributed by atoms with Crippen LogP contribution in [0.15, 0.2) is 24.3 Å². The van der Waals surface area contributed by atoms with Gasteiger partial charge in [-0.15, -0.1) is 0 Å². The number of aryl methyl sites for hydroxylation is 1. The minimum atomic E-state index is -0.399. The van der Waals surface area contributed by atoms with E-state index in [1.165, 1.54) is 0 Å². The monoisotopic (exact) mass is 216 g/mol. The first-order chi connectivity index (χ1) is 7.72. The van der Waals surface area contributed by atoms with E-state index in [2.05, 4.69) is 9.97 Å². The molecule has 16 heavy (non-hydrogen) atoms. The van der Waals surface area contributed by atoms with E-state index in [9.17, 15) is 4.79 Å². The number of esters is 1. The molecule has 0 amide bonds. The highest BCUT2D eigenvalue weighted by Gasteiger charge is 2.13. The molecule has 1 heterocycles. The van der Waals surface area contributed by atoms with E-state index in [4.69, 9.17) is 4.74 Å². The zero-order chi connectivity index (χ0) is 11.5. The number of para-hydroxylation sites is 1. The van der Waals surface area contributed by atoms with Crippen LogP contribution in [0, 0.1) is 6.92 Å². The van der Waals surface area contributed by atoms with Crippen molar-refractivity contribution in [3.63, 3.8) is 0 Å². The van der Waals surface area contributed by atoms with Crippen LogP contribution in [0.25, 0.3) is 10.9 Å².